The van der Waals surface area contributed by atoms with E-state index in [0.717, 1.165) is 17.7 Å². The molecule has 0 atom stereocenters. The Bertz CT molecular complexity index is 305. The quantitative estimate of drug-likeness (QED) is 0.727. The van der Waals surface area contributed by atoms with Crippen molar-refractivity contribution in [1.29, 1.82) is 0 Å². The summed E-state index contributed by atoms with van der Waals surface area (Å²) in [4.78, 5) is 0. The zero-order valence-electron chi connectivity index (χ0n) is 8.49. The highest BCUT2D eigenvalue weighted by Gasteiger charge is 2.01. The first-order valence-electron chi connectivity index (χ1n) is 4.83. The number of phenolic OH excluding ortho intramolecular Hbond substituents is 1. The van der Waals surface area contributed by atoms with Crippen LogP contribution in [-0.4, -0.2) is 11.7 Å². The molecule has 0 amide bonds. The first kappa shape index (κ1) is 10.6. The van der Waals surface area contributed by atoms with Crippen LogP contribution in [0.3, 0.4) is 0 Å². The van der Waals surface area contributed by atoms with Crippen LogP contribution in [-0.2, 0) is 6.42 Å². The number of allylic oxidation sites excluding steroid dienone is 1. The van der Waals surface area contributed by atoms with Crippen molar-refractivity contribution in [1.82, 2.24) is 0 Å². The molecule has 2 heteroatoms. The average Bonchev–Trinajstić information content (AvgIpc) is 2.19. The summed E-state index contributed by atoms with van der Waals surface area (Å²) in [5.74, 6) is 1.11. The molecular weight excluding hydrogens is 176 g/mol. The topological polar surface area (TPSA) is 29.5 Å². The maximum atomic E-state index is 9.49. The maximum Gasteiger partial charge on any atom is 0.119 e. The molecule has 0 fully saturated rings. The van der Waals surface area contributed by atoms with Crippen LogP contribution in [0.1, 0.15) is 18.9 Å². The van der Waals surface area contributed by atoms with E-state index >= 15 is 0 Å². The Morgan fingerprint density at radius 2 is 2.29 bits per heavy atom. The van der Waals surface area contributed by atoms with Crippen molar-refractivity contribution >= 4 is 0 Å². The predicted octanol–water partition coefficient (Wildman–Crippen LogP) is 2.91. The first-order chi connectivity index (χ1) is 6.77. The minimum atomic E-state index is 0.300. The highest BCUT2D eigenvalue weighted by molar-refractivity contribution is 5.40. The maximum absolute atomic E-state index is 9.49. The van der Waals surface area contributed by atoms with E-state index in [9.17, 15) is 5.11 Å². The van der Waals surface area contributed by atoms with E-state index < -0.39 is 0 Å². The lowest BCUT2D eigenvalue weighted by molar-refractivity contribution is 0.316. The minimum absolute atomic E-state index is 0.300. The van der Waals surface area contributed by atoms with E-state index in [0.29, 0.717) is 18.8 Å². The molecule has 0 spiro atoms. The van der Waals surface area contributed by atoms with Crippen molar-refractivity contribution in [2.45, 2.75) is 19.8 Å². The van der Waals surface area contributed by atoms with Gasteiger partial charge >= 0.3 is 0 Å². The molecule has 0 aliphatic rings. The van der Waals surface area contributed by atoms with Gasteiger partial charge in [0.05, 0.1) is 6.61 Å². The van der Waals surface area contributed by atoms with Gasteiger partial charge in [-0.3, -0.25) is 0 Å². The van der Waals surface area contributed by atoms with Gasteiger partial charge in [0, 0.05) is 5.56 Å². The van der Waals surface area contributed by atoms with Crippen LogP contribution in [0.4, 0.5) is 0 Å². The Morgan fingerprint density at radius 3 is 2.93 bits per heavy atom. The molecule has 0 aliphatic carbocycles. The van der Waals surface area contributed by atoms with E-state index in [2.05, 4.69) is 13.5 Å². The van der Waals surface area contributed by atoms with Crippen LogP contribution in [0.2, 0.25) is 0 Å². The number of rotatable bonds is 5. The lowest BCUT2D eigenvalue weighted by atomic mass is 10.1. The van der Waals surface area contributed by atoms with Crippen molar-refractivity contribution in [3.8, 4) is 11.5 Å². The molecule has 14 heavy (non-hydrogen) atoms. The third-order valence-corrected chi connectivity index (χ3v) is 1.89. The van der Waals surface area contributed by atoms with Crippen molar-refractivity contribution < 1.29 is 9.84 Å². The Labute approximate surface area is 84.8 Å². The number of hydrogen-bond donors (Lipinski definition) is 1. The SMILES string of the molecule is C=CCc1cc(OCCC)ccc1O. The molecular formula is C12H16O2. The molecule has 0 radical (unpaired) electrons. The van der Waals surface area contributed by atoms with E-state index in [1.165, 1.54) is 0 Å². The standard InChI is InChI=1S/C12H16O2/c1-3-5-10-9-11(14-8-4-2)6-7-12(10)13/h3,6-7,9,13H,1,4-5,8H2,2H3. The van der Waals surface area contributed by atoms with Crippen molar-refractivity contribution in [2.75, 3.05) is 6.61 Å². The van der Waals surface area contributed by atoms with Crippen molar-refractivity contribution in [3.05, 3.63) is 36.4 Å². The smallest absolute Gasteiger partial charge is 0.119 e. The number of hydrogen-bond acceptors (Lipinski definition) is 2. The van der Waals surface area contributed by atoms with Gasteiger partial charge in [-0.25, -0.2) is 0 Å². The van der Waals surface area contributed by atoms with E-state index in [1.54, 1.807) is 18.2 Å². The van der Waals surface area contributed by atoms with Gasteiger partial charge in [-0.2, -0.15) is 0 Å². The van der Waals surface area contributed by atoms with Gasteiger partial charge in [0.15, 0.2) is 0 Å². The molecule has 1 aromatic rings. The van der Waals surface area contributed by atoms with Crippen LogP contribution in [0, 0.1) is 0 Å². The first-order valence-corrected chi connectivity index (χ1v) is 4.83. The zero-order chi connectivity index (χ0) is 10.4. The van der Waals surface area contributed by atoms with Crippen LogP contribution < -0.4 is 4.74 Å². The molecule has 1 N–H and O–H groups in total. The van der Waals surface area contributed by atoms with Crippen LogP contribution in [0.25, 0.3) is 0 Å². The average molecular weight is 192 g/mol. The highest BCUT2D eigenvalue weighted by atomic mass is 16.5. The molecule has 1 aromatic carbocycles. The van der Waals surface area contributed by atoms with E-state index in [1.807, 2.05) is 6.07 Å². The summed E-state index contributed by atoms with van der Waals surface area (Å²) < 4.78 is 5.45. The van der Waals surface area contributed by atoms with E-state index in [-0.39, 0.29) is 0 Å². The van der Waals surface area contributed by atoms with E-state index in [4.69, 9.17) is 4.74 Å². The summed E-state index contributed by atoms with van der Waals surface area (Å²) in [6, 6.07) is 5.29. The zero-order valence-corrected chi connectivity index (χ0v) is 8.49. The molecule has 0 aliphatic heterocycles. The summed E-state index contributed by atoms with van der Waals surface area (Å²) in [6.07, 6.45) is 3.41. The van der Waals surface area contributed by atoms with Gasteiger partial charge in [-0.05, 0) is 31.0 Å². The lowest BCUT2D eigenvalue weighted by Crippen LogP contribution is -1.95. The summed E-state index contributed by atoms with van der Waals surface area (Å²) in [6.45, 7) is 6.40. The van der Waals surface area contributed by atoms with Gasteiger partial charge in [-0.15, -0.1) is 6.58 Å². The molecule has 0 aromatic heterocycles. The Morgan fingerprint density at radius 1 is 1.50 bits per heavy atom. The van der Waals surface area contributed by atoms with Gasteiger partial charge < -0.3 is 9.84 Å². The largest absolute Gasteiger partial charge is 0.508 e. The van der Waals surface area contributed by atoms with Crippen LogP contribution in [0.15, 0.2) is 30.9 Å². The van der Waals surface area contributed by atoms with Crippen molar-refractivity contribution in [3.63, 3.8) is 0 Å². The van der Waals surface area contributed by atoms with Gasteiger partial charge in [0.1, 0.15) is 11.5 Å². The van der Waals surface area contributed by atoms with Crippen molar-refractivity contribution in [2.24, 2.45) is 0 Å². The molecule has 1 rings (SSSR count). The molecule has 0 unspecified atom stereocenters. The number of ether oxygens (including phenoxy) is 1. The number of phenols is 1. The highest BCUT2D eigenvalue weighted by Crippen LogP contribution is 2.23. The summed E-state index contributed by atoms with van der Waals surface area (Å²) in [7, 11) is 0. The van der Waals surface area contributed by atoms with Gasteiger partial charge in [-0.1, -0.05) is 13.0 Å². The Kier molecular flexibility index (Phi) is 4.05. The summed E-state index contributed by atoms with van der Waals surface area (Å²) >= 11 is 0. The fourth-order valence-electron chi connectivity index (χ4n) is 1.19. The normalized spacial score (nSPS) is 9.79. The summed E-state index contributed by atoms with van der Waals surface area (Å²) in [5, 5.41) is 9.49. The van der Waals surface area contributed by atoms with Crippen LogP contribution in [0.5, 0.6) is 11.5 Å². The molecule has 0 bridgehead atoms. The number of benzene rings is 1. The second kappa shape index (κ2) is 5.32. The fourth-order valence-corrected chi connectivity index (χ4v) is 1.19. The third kappa shape index (κ3) is 2.80. The molecule has 76 valence electrons. The lowest BCUT2D eigenvalue weighted by Gasteiger charge is -2.07. The second-order valence-electron chi connectivity index (χ2n) is 3.13. The minimum Gasteiger partial charge on any atom is -0.508 e. The second-order valence-corrected chi connectivity index (χ2v) is 3.13. The molecule has 2 nitrogen and oxygen atoms in total. The molecule has 0 heterocycles. The molecule has 0 saturated heterocycles. The predicted molar refractivity (Wildman–Crippen MR) is 57.8 cm³/mol. The summed E-state index contributed by atoms with van der Waals surface area (Å²) in [5.41, 5.74) is 0.855. The third-order valence-electron chi connectivity index (χ3n) is 1.89. The monoisotopic (exact) mass is 192 g/mol. The molecule has 0 saturated carbocycles. The van der Waals surface area contributed by atoms with Crippen LogP contribution >= 0.6 is 0 Å². The fraction of sp³-hybridized carbons (Fsp3) is 0.333. The van der Waals surface area contributed by atoms with Gasteiger partial charge in [0.25, 0.3) is 0 Å². The van der Waals surface area contributed by atoms with Gasteiger partial charge in [0.2, 0.25) is 0 Å². The Balaban J connectivity index is 2.77. The Hall–Kier alpha value is -1.44. The number of aromatic hydroxyl groups is 1.